The van der Waals surface area contributed by atoms with Crippen LogP contribution in [0.3, 0.4) is 0 Å². The lowest BCUT2D eigenvalue weighted by atomic mass is 10.1. The lowest BCUT2D eigenvalue weighted by Crippen LogP contribution is -2.48. The fourth-order valence-electron chi connectivity index (χ4n) is 3.83. The van der Waals surface area contributed by atoms with Gasteiger partial charge < -0.3 is 4.52 Å². The highest BCUT2D eigenvalue weighted by Gasteiger charge is 2.29. The first-order valence-corrected chi connectivity index (χ1v) is 12.1. The van der Waals surface area contributed by atoms with Gasteiger partial charge in [0.25, 0.3) is 0 Å². The van der Waals surface area contributed by atoms with E-state index in [2.05, 4.69) is 15.0 Å². The summed E-state index contributed by atoms with van der Waals surface area (Å²) in [7, 11) is -3.54. The maximum Gasteiger partial charge on any atom is 0.243 e. The second-order valence-electron chi connectivity index (χ2n) is 7.71. The van der Waals surface area contributed by atoms with Gasteiger partial charge in [-0.3, -0.25) is 4.90 Å². The minimum atomic E-state index is -3.54. The SMILES string of the molecule is O=S(=O)(c1ccc2ccccc2c1)N1CCN(Cc2nc(-c3ccc(Cl)cc3)no2)CC1. The van der Waals surface area contributed by atoms with Crippen molar-refractivity contribution in [1.82, 2.24) is 19.3 Å². The predicted octanol–water partition coefficient (Wildman–Crippen LogP) is 4.05. The van der Waals surface area contributed by atoms with Crippen molar-refractivity contribution in [2.45, 2.75) is 11.4 Å². The Kier molecular flexibility index (Phi) is 5.69. The van der Waals surface area contributed by atoms with Crippen molar-refractivity contribution in [1.29, 1.82) is 0 Å². The molecule has 0 radical (unpaired) electrons. The lowest BCUT2D eigenvalue weighted by Gasteiger charge is -2.33. The van der Waals surface area contributed by atoms with Crippen LogP contribution in [0.4, 0.5) is 0 Å². The van der Waals surface area contributed by atoms with E-state index in [0.29, 0.717) is 54.4 Å². The van der Waals surface area contributed by atoms with Gasteiger partial charge in [0.2, 0.25) is 21.7 Å². The average molecular weight is 469 g/mol. The molecule has 0 bridgehead atoms. The Hall–Kier alpha value is -2.78. The Morgan fingerprint density at radius 2 is 1.62 bits per heavy atom. The van der Waals surface area contributed by atoms with E-state index in [0.717, 1.165) is 16.3 Å². The minimum absolute atomic E-state index is 0.328. The highest BCUT2D eigenvalue weighted by atomic mass is 35.5. The third-order valence-electron chi connectivity index (χ3n) is 5.62. The van der Waals surface area contributed by atoms with E-state index in [1.807, 2.05) is 42.5 Å². The van der Waals surface area contributed by atoms with E-state index in [9.17, 15) is 8.42 Å². The van der Waals surface area contributed by atoms with E-state index in [1.54, 1.807) is 28.6 Å². The lowest BCUT2D eigenvalue weighted by molar-refractivity contribution is 0.163. The van der Waals surface area contributed by atoms with Crippen LogP contribution in [0.25, 0.3) is 22.2 Å². The molecule has 0 saturated carbocycles. The monoisotopic (exact) mass is 468 g/mol. The number of piperazine rings is 1. The van der Waals surface area contributed by atoms with Gasteiger partial charge in [0.05, 0.1) is 11.4 Å². The third-order valence-corrected chi connectivity index (χ3v) is 7.77. The average Bonchev–Trinajstić information content (AvgIpc) is 3.28. The maximum atomic E-state index is 13.1. The summed E-state index contributed by atoms with van der Waals surface area (Å²) in [4.78, 5) is 6.90. The van der Waals surface area contributed by atoms with Crippen LogP contribution in [0.5, 0.6) is 0 Å². The first-order chi connectivity index (χ1) is 15.5. The molecule has 2 heterocycles. The molecule has 164 valence electrons. The van der Waals surface area contributed by atoms with Crippen LogP contribution in [0.1, 0.15) is 5.89 Å². The number of rotatable bonds is 5. The molecule has 1 aliphatic rings. The number of hydrogen-bond donors (Lipinski definition) is 0. The number of sulfonamides is 1. The van der Waals surface area contributed by atoms with Crippen LogP contribution < -0.4 is 0 Å². The molecule has 0 unspecified atom stereocenters. The molecule has 9 heteroatoms. The van der Waals surface area contributed by atoms with Gasteiger partial charge in [0.15, 0.2) is 0 Å². The van der Waals surface area contributed by atoms with E-state index in [1.165, 1.54) is 0 Å². The molecule has 4 aromatic rings. The van der Waals surface area contributed by atoms with Crippen molar-refractivity contribution in [2.24, 2.45) is 0 Å². The summed E-state index contributed by atoms with van der Waals surface area (Å²) in [5, 5.41) is 6.62. The standard InChI is InChI=1S/C23H21ClN4O3S/c24-20-8-5-18(6-9-20)23-25-22(31-26-23)16-27-11-13-28(14-12-27)32(29,30)21-10-7-17-3-1-2-4-19(17)15-21/h1-10,15H,11-14,16H2. The zero-order valence-corrected chi connectivity index (χ0v) is 18.8. The van der Waals surface area contributed by atoms with Gasteiger partial charge in [-0.15, -0.1) is 0 Å². The molecule has 1 aromatic heterocycles. The van der Waals surface area contributed by atoms with Crippen LogP contribution in [0.2, 0.25) is 5.02 Å². The smallest absolute Gasteiger partial charge is 0.243 e. The topological polar surface area (TPSA) is 79.5 Å². The number of benzene rings is 3. The Balaban J connectivity index is 1.23. The molecule has 1 fully saturated rings. The van der Waals surface area contributed by atoms with E-state index in [-0.39, 0.29) is 0 Å². The zero-order chi connectivity index (χ0) is 22.1. The van der Waals surface area contributed by atoms with Gasteiger partial charge in [-0.2, -0.15) is 9.29 Å². The van der Waals surface area contributed by atoms with Crippen LogP contribution in [-0.4, -0.2) is 53.9 Å². The summed E-state index contributed by atoms with van der Waals surface area (Å²) in [6.45, 7) is 2.47. The van der Waals surface area contributed by atoms with E-state index in [4.69, 9.17) is 16.1 Å². The number of hydrogen-bond acceptors (Lipinski definition) is 6. The molecule has 1 saturated heterocycles. The Morgan fingerprint density at radius 3 is 2.38 bits per heavy atom. The largest absolute Gasteiger partial charge is 0.338 e. The molecule has 3 aromatic carbocycles. The number of nitrogens with zero attached hydrogens (tertiary/aromatic N) is 4. The van der Waals surface area contributed by atoms with Crippen molar-refractivity contribution in [3.05, 3.63) is 77.6 Å². The maximum absolute atomic E-state index is 13.1. The Bertz CT molecular complexity index is 1350. The third kappa shape index (κ3) is 4.27. The van der Waals surface area contributed by atoms with Gasteiger partial charge in [0, 0.05) is 36.8 Å². The van der Waals surface area contributed by atoms with Gasteiger partial charge in [0.1, 0.15) is 0 Å². The molecule has 0 N–H and O–H groups in total. The second kappa shape index (κ2) is 8.63. The summed E-state index contributed by atoms with van der Waals surface area (Å²) >= 11 is 5.92. The quantitative estimate of drug-likeness (QED) is 0.439. The molecular formula is C23H21ClN4O3S. The summed E-state index contributed by atoms with van der Waals surface area (Å²) < 4.78 is 33.2. The molecule has 32 heavy (non-hydrogen) atoms. The van der Waals surface area contributed by atoms with Crippen LogP contribution in [0.15, 0.2) is 76.1 Å². The Morgan fingerprint density at radius 1 is 0.906 bits per heavy atom. The molecule has 0 atom stereocenters. The van der Waals surface area contributed by atoms with E-state index >= 15 is 0 Å². The first kappa shape index (κ1) is 21.1. The second-order valence-corrected chi connectivity index (χ2v) is 10.1. The van der Waals surface area contributed by atoms with Gasteiger partial charge in [-0.25, -0.2) is 8.42 Å². The molecule has 5 rings (SSSR count). The summed E-state index contributed by atoms with van der Waals surface area (Å²) in [5.41, 5.74) is 0.829. The first-order valence-electron chi connectivity index (χ1n) is 10.3. The minimum Gasteiger partial charge on any atom is -0.338 e. The van der Waals surface area contributed by atoms with Crippen molar-refractivity contribution in [3.63, 3.8) is 0 Å². The van der Waals surface area contributed by atoms with Gasteiger partial charge in [-0.05, 0) is 47.2 Å². The van der Waals surface area contributed by atoms with Crippen molar-refractivity contribution in [3.8, 4) is 11.4 Å². The summed E-state index contributed by atoms with van der Waals surface area (Å²) in [6.07, 6.45) is 0. The molecule has 1 aliphatic heterocycles. The zero-order valence-electron chi connectivity index (χ0n) is 17.2. The van der Waals surface area contributed by atoms with E-state index < -0.39 is 10.0 Å². The van der Waals surface area contributed by atoms with Crippen molar-refractivity contribution < 1.29 is 12.9 Å². The van der Waals surface area contributed by atoms with Crippen LogP contribution in [-0.2, 0) is 16.6 Å². The molecule has 0 amide bonds. The van der Waals surface area contributed by atoms with Crippen LogP contribution >= 0.6 is 11.6 Å². The number of fused-ring (bicyclic) bond motifs is 1. The normalized spacial score (nSPS) is 15.9. The van der Waals surface area contributed by atoms with Crippen molar-refractivity contribution >= 4 is 32.4 Å². The molecule has 0 aliphatic carbocycles. The molecular weight excluding hydrogens is 448 g/mol. The molecule has 0 spiro atoms. The van der Waals surface area contributed by atoms with Crippen LogP contribution in [0, 0.1) is 0 Å². The predicted molar refractivity (Wildman–Crippen MR) is 123 cm³/mol. The summed E-state index contributed by atoms with van der Waals surface area (Å²) in [5.74, 6) is 1.01. The Labute approximate surface area is 191 Å². The number of halogens is 1. The fraction of sp³-hybridized carbons (Fsp3) is 0.217. The fourth-order valence-corrected chi connectivity index (χ4v) is 5.42. The van der Waals surface area contributed by atoms with Gasteiger partial charge in [-0.1, -0.05) is 47.1 Å². The van der Waals surface area contributed by atoms with Gasteiger partial charge >= 0.3 is 0 Å². The highest BCUT2D eigenvalue weighted by molar-refractivity contribution is 7.89. The highest BCUT2D eigenvalue weighted by Crippen LogP contribution is 2.24. The van der Waals surface area contributed by atoms with Crippen molar-refractivity contribution in [2.75, 3.05) is 26.2 Å². The molecule has 7 nitrogen and oxygen atoms in total. The summed E-state index contributed by atoms with van der Waals surface area (Å²) in [6, 6.07) is 20.3. The number of aromatic nitrogens is 2.